The third-order valence-corrected chi connectivity index (χ3v) is 7.28. The molecule has 2 N–H and O–H groups in total. The van der Waals surface area contributed by atoms with Crippen molar-refractivity contribution in [1.29, 1.82) is 0 Å². The maximum Gasteiger partial charge on any atom is 0.264 e. The summed E-state index contributed by atoms with van der Waals surface area (Å²) in [7, 11) is -2.31. The number of anilines is 2. The van der Waals surface area contributed by atoms with Crippen LogP contribution in [0.5, 0.6) is 5.75 Å². The molecule has 1 atom stereocenters. The van der Waals surface area contributed by atoms with Crippen molar-refractivity contribution in [3.63, 3.8) is 0 Å². The molecule has 0 spiro atoms. The first-order valence-corrected chi connectivity index (χ1v) is 12.7. The molecule has 178 valence electrons. The molecule has 0 unspecified atom stereocenters. The molecular weight excluding hydrogens is 509 g/mol. The highest BCUT2D eigenvalue weighted by Gasteiger charge is 2.27. The second kappa shape index (κ2) is 9.26. The molecule has 0 radical (unpaired) electrons. The third kappa shape index (κ3) is 4.84. The lowest BCUT2D eigenvalue weighted by molar-refractivity contribution is 0.414. The lowest BCUT2D eigenvalue weighted by Crippen LogP contribution is -2.20. The summed E-state index contributed by atoms with van der Waals surface area (Å²) in [5.74, 6) is 1.04. The number of rotatable bonds is 6. The molecular formula is C24H19Cl2N5O3S. The van der Waals surface area contributed by atoms with Gasteiger partial charge in [-0.05, 0) is 65.7 Å². The van der Waals surface area contributed by atoms with Crippen molar-refractivity contribution in [2.45, 2.75) is 10.9 Å². The lowest BCUT2D eigenvalue weighted by Gasteiger charge is -2.24. The molecule has 0 bridgehead atoms. The molecule has 11 heteroatoms. The van der Waals surface area contributed by atoms with Crippen LogP contribution < -0.4 is 14.8 Å². The van der Waals surface area contributed by atoms with Gasteiger partial charge in [-0.3, -0.25) is 0 Å². The molecule has 1 aliphatic heterocycles. The Balaban J connectivity index is 1.53. The molecule has 2 heterocycles. The zero-order valence-electron chi connectivity index (χ0n) is 18.3. The predicted molar refractivity (Wildman–Crippen MR) is 136 cm³/mol. The van der Waals surface area contributed by atoms with Gasteiger partial charge in [-0.1, -0.05) is 47.5 Å². The maximum atomic E-state index is 12.9. The Kier molecular flexibility index (Phi) is 6.14. The summed E-state index contributed by atoms with van der Waals surface area (Å²) >= 11 is 11.9. The number of methoxy groups -OCH3 is 1. The number of hydrogen-bond acceptors (Lipinski definition) is 6. The van der Waals surface area contributed by atoms with E-state index < -0.39 is 10.0 Å². The van der Waals surface area contributed by atoms with Gasteiger partial charge in [0.25, 0.3) is 16.0 Å². The number of fused-ring (bicyclic) bond motifs is 1. The Morgan fingerprint density at radius 1 is 0.943 bits per heavy atom. The number of benzene rings is 3. The molecule has 8 nitrogen and oxygen atoms in total. The molecule has 1 aliphatic rings. The van der Waals surface area contributed by atoms with E-state index >= 15 is 0 Å². The molecule has 3 aromatic carbocycles. The van der Waals surface area contributed by atoms with Crippen LogP contribution in [0.3, 0.4) is 0 Å². The van der Waals surface area contributed by atoms with E-state index in [-0.39, 0.29) is 16.9 Å². The molecule has 5 rings (SSSR count). The van der Waals surface area contributed by atoms with E-state index in [4.69, 9.17) is 27.9 Å². The summed E-state index contributed by atoms with van der Waals surface area (Å²) in [6, 6.07) is 20.4. The number of nitrogens with one attached hydrogen (secondary N) is 2. The van der Waals surface area contributed by atoms with Crippen LogP contribution in [0.1, 0.15) is 17.2 Å². The summed E-state index contributed by atoms with van der Waals surface area (Å²) in [5.41, 5.74) is 2.59. The number of sulfonamides is 1. The molecule has 0 saturated carbocycles. The Morgan fingerprint density at radius 2 is 1.57 bits per heavy atom. The normalized spacial score (nSPS) is 15.1. The second-order valence-corrected chi connectivity index (χ2v) is 10.2. The standard InChI is InChI=1S/C24H19Cl2N5O3S/c1-34-19-10-4-16(5-11-19)22-14-21(15-2-6-17(25)7-3-15)27-24-28-23(29-31(22)24)30-35(32,33)20-12-8-18(26)9-13-20/h2-14,22H,1H3,(H2,27,28,29,30)/t22-/m1/s1. The summed E-state index contributed by atoms with van der Waals surface area (Å²) in [5, 5.41) is 8.75. The van der Waals surface area contributed by atoms with Crippen LogP contribution in [-0.4, -0.2) is 30.3 Å². The highest BCUT2D eigenvalue weighted by atomic mass is 35.5. The fraction of sp³-hybridized carbons (Fsp3) is 0.0833. The van der Waals surface area contributed by atoms with E-state index in [1.165, 1.54) is 24.3 Å². The second-order valence-electron chi connectivity index (χ2n) is 7.69. The topological polar surface area (TPSA) is 98.1 Å². The molecule has 4 aromatic rings. The molecule has 1 aromatic heterocycles. The average Bonchev–Trinajstić information content (AvgIpc) is 3.26. The van der Waals surface area contributed by atoms with Crippen molar-refractivity contribution >= 4 is 50.8 Å². The van der Waals surface area contributed by atoms with Crippen LogP contribution in [-0.2, 0) is 10.0 Å². The lowest BCUT2D eigenvalue weighted by atomic mass is 10.0. The van der Waals surface area contributed by atoms with Gasteiger partial charge in [0, 0.05) is 15.7 Å². The Morgan fingerprint density at radius 3 is 2.20 bits per heavy atom. The van der Waals surface area contributed by atoms with E-state index in [1.54, 1.807) is 23.9 Å². The zero-order valence-corrected chi connectivity index (χ0v) is 20.6. The van der Waals surface area contributed by atoms with Crippen LogP contribution in [0.2, 0.25) is 10.0 Å². The number of aromatic nitrogens is 3. The van der Waals surface area contributed by atoms with E-state index in [0.717, 1.165) is 22.6 Å². The van der Waals surface area contributed by atoms with Crippen molar-refractivity contribution in [2.75, 3.05) is 17.1 Å². The van der Waals surface area contributed by atoms with Gasteiger partial charge >= 0.3 is 0 Å². The Labute approximate surface area is 212 Å². The first-order chi connectivity index (χ1) is 16.8. The highest BCUT2D eigenvalue weighted by Crippen LogP contribution is 2.34. The van der Waals surface area contributed by atoms with Crippen molar-refractivity contribution in [3.8, 4) is 5.75 Å². The number of hydrogen-bond donors (Lipinski definition) is 2. The largest absolute Gasteiger partial charge is 0.497 e. The zero-order chi connectivity index (χ0) is 24.6. The van der Waals surface area contributed by atoms with Crippen molar-refractivity contribution in [1.82, 2.24) is 14.8 Å². The van der Waals surface area contributed by atoms with E-state index in [0.29, 0.717) is 16.0 Å². The highest BCUT2D eigenvalue weighted by molar-refractivity contribution is 7.92. The van der Waals surface area contributed by atoms with Gasteiger partial charge in [0.15, 0.2) is 0 Å². The molecule has 0 aliphatic carbocycles. The van der Waals surface area contributed by atoms with Gasteiger partial charge in [-0.15, -0.1) is 5.10 Å². The van der Waals surface area contributed by atoms with Crippen molar-refractivity contribution < 1.29 is 13.2 Å². The number of halogens is 2. The third-order valence-electron chi connectivity index (χ3n) is 5.43. The van der Waals surface area contributed by atoms with Crippen LogP contribution in [0, 0.1) is 0 Å². The van der Waals surface area contributed by atoms with Gasteiger partial charge in [0.05, 0.1) is 12.0 Å². The number of ether oxygens (including phenoxy) is 1. The van der Waals surface area contributed by atoms with Crippen LogP contribution >= 0.6 is 23.2 Å². The summed E-state index contributed by atoms with van der Waals surface area (Å²) in [6.07, 6.45) is 1.99. The summed E-state index contributed by atoms with van der Waals surface area (Å²) in [4.78, 5) is 4.46. The van der Waals surface area contributed by atoms with E-state index in [9.17, 15) is 8.42 Å². The van der Waals surface area contributed by atoms with Crippen molar-refractivity contribution in [3.05, 3.63) is 100 Å². The quantitative estimate of drug-likeness (QED) is 0.346. The maximum absolute atomic E-state index is 12.9. The smallest absolute Gasteiger partial charge is 0.264 e. The van der Waals surface area contributed by atoms with Gasteiger partial charge in [-0.2, -0.15) is 4.98 Å². The minimum Gasteiger partial charge on any atom is -0.497 e. The molecule has 0 fully saturated rings. The first-order valence-electron chi connectivity index (χ1n) is 10.5. The summed E-state index contributed by atoms with van der Waals surface area (Å²) < 4.78 is 35.1. The Hall–Kier alpha value is -3.53. The Bertz CT molecular complexity index is 1500. The van der Waals surface area contributed by atoms with Gasteiger partial charge in [-0.25, -0.2) is 17.8 Å². The van der Waals surface area contributed by atoms with Gasteiger partial charge in [0.2, 0.25) is 5.95 Å². The minimum atomic E-state index is -3.91. The molecule has 0 saturated heterocycles. The van der Waals surface area contributed by atoms with Crippen LogP contribution in [0.4, 0.5) is 11.9 Å². The summed E-state index contributed by atoms with van der Waals surface area (Å²) in [6.45, 7) is 0. The van der Waals surface area contributed by atoms with E-state index in [2.05, 4.69) is 20.1 Å². The average molecular weight is 528 g/mol. The molecule has 0 amide bonds. The number of nitrogens with zero attached hydrogens (tertiary/aromatic N) is 3. The fourth-order valence-electron chi connectivity index (χ4n) is 3.67. The van der Waals surface area contributed by atoms with E-state index in [1.807, 2.05) is 42.5 Å². The monoisotopic (exact) mass is 527 g/mol. The van der Waals surface area contributed by atoms with Gasteiger partial charge in [0.1, 0.15) is 11.8 Å². The van der Waals surface area contributed by atoms with Crippen LogP contribution in [0.15, 0.2) is 83.8 Å². The van der Waals surface area contributed by atoms with Crippen molar-refractivity contribution in [2.24, 2.45) is 0 Å². The minimum absolute atomic E-state index is 0.0503. The number of allylic oxidation sites excluding steroid dienone is 1. The first kappa shape index (κ1) is 23.2. The SMILES string of the molecule is COc1ccc([C@H]2C=C(c3ccc(Cl)cc3)Nc3nc(NS(=O)(=O)c4ccc(Cl)cc4)nn32)cc1. The predicted octanol–water partition coefficient (Wildman–Crippen LogP) is 5.45. The van der Waals surface area contributed by atoms with Gasteiger partial charge < -0.3 is 10.1 Å². The fourth-order valence-corrected chi connectivity index (χ4v) is 4.86. The molecule has 35 heavy (non-hydrogen) atoms. The van der Waals surface area contributed by atoms with Crippen LogP contribution in [0.25, 0.3) is 5.70 Å².